The molecule has 6 nitrogen and oxygen atoms in total. The number of halogens is 1. The minimum atomic E-state index is -0.339. The number of hydrogen-bond donors (Lipinski definition) is 0. The smallest absolute Gasteiger partial charge is 0.199 e. The van der Waals surface area contributed by atoms with E-state index in [1.165, 1.54) is 7.11 Å². The highest BCUT2D eigenvalue weighted by Gasteiger charge is 2.32. The van der Waals surface area contributed by atoms with Gasteiger partial charge >= 0.3 is 0 Å². The van der Waals surface area contributed by atoms with Crippen LogP contribution in [0.25, 0.3) is 11.6 Å². The maximum Gasteiger partial charge on any atom is 0.199 e. The molecule has 0 saturated carbocycles. The molecular weight excluding hydrogens is 345 g/mol. The van der Waals surface area contributed by atoms with Crippen molar-refractivity contribution in [1.29, 1.82) is 0 Å². The summed E-state index contributed by atoms with van der Waals surface area (Å²) in [5.74, 6) is 1.70. The number of anilines is 1. The van der Waals surface area contributed by atoms with E-state index in [1.807, 2.05) is 6.92 Å². The van der Waals surface area contributed by atoms with Gasteiger partial charge in [0.25, 0.3) is 0 Å². The Kier molecular flexibility index (Phi) is 4.43. The van der Waals surface area contributed by atoms with Gasteiger partial charge in [0.2, 0.25) is 0 Å². The highest BCUT2D eigenvalue weighted by atomic mass is 19.1. The minimum Gasteiger partial charge on any atom is -0.494 e. The Hall–Kier alpha value is -3.09. The van der Waals surface area contributed by atoms with E-state index in [2.05, 4.69) is 26.8 Å². The van der Waals surface area contributed by atoms with Gasteiger partial charge in [-0.25, -0.2) is 24.3 Å². The van der Waals surface area contributed by atoms with Crippen LogP contribution >= 0.6 is 0 Å². The lowest BCUT2D eigenvalue weighted by molar-refractivity contribution is 0.385. The number of benzene rings is 1. The van der Waals surface area contributed by atoms with Crippen molar-refractivity contribution in [1.82, 2.24) is 19.9 Å². The third-order valence-corrected chi connectivity index (χ3v) is 4.86. The quantitative estimate of drug-likeness (QED) is 0.699. The Balaban J connectivity index is 1.77. The number of hydrogen-bond acceptors (Lipinski definition) is 6. The average molecular weight is 365 g/mol. The molecule has 3 heterocycles. The molecule has 138 valence electrons. The van der Waals surface area contributed by atoms with Crippen LogP contribution in [0.1, 0.15) is 36.1 Å². The first-order valence-electron chi connectivity index (χ1n) is 8.86. The lowest BCUT2D eigenvalue weighted by atomic mass is 10.0. The van der Waals surface area contributed by atoms with Crippen molar-refractivity contribution in [3.8, 4) is 17.4 Å². The van der Waals surface area contributed by atoms with Crippen LogP contribution < -0.4 is 9.64 Å². The molecule has 0 amide bonds. The molecule has 0 spiro atoms. The molecule has 0 N–H and O–H groups in total. The molecular formula is C20H20FN5O. The fourth-order valence-electron chi connectivity index (χ4n) is 3.58. The van der Waals surface area contributed by atoms with Crippen molar-refractivity contribution in [2.24, 2.45) is 0 Å². The molecule has 27 heavy (non-hydrogen) atoms. The first kappa shape index (κ1) is 17.3. The predicted molar refractivity (Wildman–Crippen MR) is 100.0 cm³/mol. The van der Waals surface area contributed by atoms with Gasteiger partial charge in [0.1, 0.15) is 5.82 Å². The summed E-state index contributed by atoms with van der Waals surface area (Å²) in [4.78, 5) is 19.8. The van der Waals surface area contributed by atoms with Crippen LogP contribution in [0.2, 0.25) is 0 Å². The van der Waals surface area contributed by atoms with E-state index in [4.69, 9.17) is 9.72 Å². The van der Waals surface area contributed by atoms with Crippen molar-refractivity contribution in [2.75, 3.05) is 12.0 Å². The maximum atomic E-state index is 14.3. The largest absolute Gasteiger partial charge is 0.494 e. The monoisotopic (exact) mass is 365 g/mol. The zero-order valence-electron chi connectivity index (χ0n) is 15.5. The topological polar surface area (TPSA) is 64.0 Å². The average Bonchev–Trinajstić information content (AvgIpc) is 3.05. The van der Waals surface area contributed by atoms with Gasteiger partial charge in [-0.05, 0) is 42.7 Å². The second-order valence-corrected chi connectivity index (χ2v) is 6.51. The van der Waals surface area contributed by atoms with Crippen molar-refractivity contribution in [2.45, 2.75) is 32.9 Å². The van der Waals surface area contributed by atoms with E-state index in [0.29, 0.717) is 18.2 Å². The van der Waals surface area contributed by atoms with Crippen LogP contribution in [-0.2, 0) is 6.54 Å². The van der Waals surface area contributed by atoms with E-state index in [0.717, 1.165) is 28.9 Å². The van der Waals surface area contributed by atoms with E-state index in [1.54, 1.807) is 36.8 Å². The van der Waals surface area contributed by atoms with Crippen LogP contribution in [0, 0.1) is 12.7 Å². The fraction of sp³-hybridized carbons (Fsp3) is 0.300. The molecule has 7 heteroatoms. The second-order valence-electron chi connectivity index (χ2n) is 6.51. The summed E-state index contributed by atoms with van der Waals surface area (Å²) in [7, 11) is 1.48. The summed E-state index contributed by atoms with van der Waals surface area (Å²) in [5.41, 5.74) is 2.98. The van der Waals surface area contributed by atoms with Crippen LogP contribution in [0.3, 0.4) is 0 Å². The van der Waals surface area contributed by atoms with E-state index >= 15 is 0 Å². The van der Waals surface area contributed by atoms with E-state index < -0.39 is 0 Å². The molecule has 0 aliphatic carbocycles. The molecule has 1 unspecified atom stereocenters. The number of aryl methyl sites for hydroxylation is 1. The van der Waals surface area contributed by atoms with E-state index in [9.17, 15) is 4.39 Å². The number of rotatable bonds is 4. The predicted octanol–water partition coefficient (Wildman–Crippen LogP) is 3.86. The lowest BCUT2D eigenvalue weighted by Crippen LogP contribution is -2.23. The lowest BCUT2D eigenvalue weighted by Gasteiger charge is -2.26. The van der Waals surface area contributed by atoms with Crippen molar-refractivity contribution in [3.05, 3.63) is 59.3 Å². The van der Waals surface area contributed by atoms with Crippen LogP contribution in [0.15, 0.2) is 36.8 Å². The Labute approximate surface area is 157 Å². The Bertz CT molecular complexity index is 980. The van der Waals surface area contributed by atoms with Gasteiger partial charge in [0, 0.05) is 30.7 Å². The number of nitrogens with zero attached hydrogens (tertiary/aromatic N) is 5. The number of methoxy groups -OCH3 is 1. The summed E-state index contributed by atoms with van der Waals surface area (Å²) < 4.78 is 19.4. The van der Waals surface area contributed by atoms with Crippen LogP contribution in [0.4, 0.5) is 10.2 Å². The normalized spacial score (nSPS) is 15.7. The SMILES string of the molecule is CCC1c2cc(F)c(OC)cc2CN1c1nc(-c2ncccn2)ncc1C. The van der Waals surface area contributed by atoms with Gasteiger partial charge in [0.05, 0.1) is 13.2 Å². The molecule has 0 bridgehead atoms. The van der Waals surface area contributed by atoms with Crippen molar-refractivity contribution in [3.63, 3.8) is 0 Å². The van der Waals surface area contributed by atoms with Gasteiger partial charge in [-0.2, -0.15) is 0 Å². The summed E-state index contributed by atoms with van der Waals surface area (Å²) in [6, 6.07) is 5.16. The highest BCUT2D eigenvalue weighted by molar-refractivity contribution is 5.58. The maximum absolute atomic E-state index is 14.3. The molecule has 1 aliphatic heterocycles. The second kappa shape index (κ2) is 6.90. The zero-order chi connectivity index (χ0) is 19.0. The molecule has 1 atom stereocenters. The molecule has 0 fully saturated rings. The molecule has 1 aliphatic rings. The zero-order valence-corrected chi connectivity index (χ0v) is 15.5. The number of fused-ring (bicyclic) bond motifs is 1. The van der Waals surface area contributed by atoms with E-state index in [-0.39, 0.29) is 17.6 Å². The highest BCUT2D eigenvalue weighted by Crippen LogP contribution is 2.42. The van der Waals surface area contributed by atoms with Crippen LogP contribution in [0.5, 0.6) is 5.75 Å². The van der Waals surface area contributed by atoms with Gasteiger partial charge < -0.3 is 9.64 Å². The van der Waals surface area contributed by atoms with Crippen molar-refractivity contribution < 1.29 is 9.13 Å². The first-order chi connectivity index (χ1) is 13.1. The fourth-order valence-corrected chi connectivity index (χ4v) is 3.58. The Morgan fingerprint density at radius 2 is 1.96 bits per heavy atom. The third kappa shape index (κ3) is 2.99. The van der Waals surface area contributed by atoms with Crippen LogP contribution in [-0.4, -0.2) is 27.0 Å². The molecule has 4 rings (SSSR count). The number of ether oxygens (including phenoxy) is 1. The first-order valence-corrected chi connectivity index (χ1v) is 8.86. The standard InChI is InChI=1S/C20H20FN5O/c1-4-16-14-9-15(21)17(27-3)8-13(14)11-26(16)20-12(2)10-24-19(25-20)18-22-6-5-7-23-18/h5-10,16H,4,11H2,1-3H3. The molecule has 0 radical (unpaired) electrons. The van der Waals surface area contributed by atoms with Gasteiger partial charge in [-0.1, -0.05) is 6.92 Å². The summed E-state index contributed by atoms with van der Waals surface area (Å²) in [5, 5.41) is 0. The van der Waals surface area contributed by atoms with Gasteiger partial charge in [-0.15, -0.1) is 0 Å². The summed E-state index contributed by atoms with van der Waals surface area (Å²) in [6.45, 7) is 4.70. The minimum absolute atomic E-state index is 0.0403. The van der Waals surface area contributed by atoms with Crippen molar-refractivity contribution >= 4 is 5.82 Å². The molecule has 0 saturated heterocycles. The summed E-state index contributed by atoms with van der Waals surface area (Å²) in [6.07, 6.45) is 5.95. The Morgan fingerprint density at radius 1 is 1.19 bits per heavy atom. The summed E-state index contributed by atoms with van der Waals surface area (Å²) >= 11 is 0. The molecule has 1 aromatic carbocycles. The van der Waals surface area contributed by atoms with Gasteiger partial charge in [0.15, 0.2) is 23.2 Å². The molecule has 3 aromatic rings. The Morgan fingerprint density at radius 3 is 2.67 bits per heavy atom. The number of aromatic nitrogens is 4. The van der Waals surface area contributed by atoms with Gasteiger partial charge in [-0.3, -0.25) is 0 Å². The third-order valence-electron chi connectivity index (χ3n) is 4.86. The molecule has 2 aromatic heterocycles.